The number of aromatic nitrogens is 1. The number of nitrogens with zero attached hydrogens (tertiary/aromatic N) is 2. The van der Waals surface area contributed by atoms with Crippen LogP contribution in [-0.4, -0.2) is 43.2 Å². The molecule has 1 unspecified atom stereocenters. The van der Waals surface area contributed by atoms with Crippen molar-refractivity contribution >= 4 is 0 Å². The number of hydrogen-bond donors (Lipinski definition) is 1. The second-order valence-electron chi connectivity index (χ2n) is 4.22. The zero-order valence-corrected chi connectivity index (χ0v) is 9.94. The molecular weight excluding hydrogens is 202 g/mol. The minimum absolute atomic E-state index is 0.645. The monoisotopic (exact) mass is 221 g/mol. The Kier molecular flexibility index (Phi) is 3.74. The molecule has 1 aliphatic heterocycles. The number of nitrogens with one attached hydrogen (secondary N) is 1. The van der Waals surface area contributed by atoms with Gasteiger partial charge in [-0.25, -0.2) is 4.98 Å². The zero-order chi connectivity index (χ0) is 11.4. The molecule has 0 aliphatic carbocycles. The van der Waals surface area contributed by atoms with Crippen LogP contribution in [0.1, 0.15) is 12.0 Å². The average molecular weight is 221 g/mol. The van der Waals surface area contributed by atoms with Gasteiger partial charge in [-0.3, -0.25) is 4.90 Å². The van der Waals surface area contributed by atoms with Gasteiger partial charge in [-0.05, 0) is 19.0 Å². The van der Waals surface area contributed by atoms with Crippen LogP contribution >= 0.6 is 0 Å². The van der Waals surface area contributed by atoms with Crippen LogP contribution in [-0.2, 0) is 6.54 Å². The van der Waals surface area contributed by atoms with Crippen molar-refractivity contribution in [3.8, 4) is 5.88 Å². The molecule has 4 heteroatoms. The maximum Gasteiger partial charge on any atom is 0.212 e. The molecule has 1 N–H and O–H groups in total. The van der Waals surface area contributed by atoms with Gasteiger partial charge in [-0.2, -0.15) is 0 Å². The Morgan fingerprint density at radius 3 is 3.00 bits per heavy atom. The van der Waals surface area contributed by atoms with Crippen molar-refractivity contribution in [3.63, 3.8) is 0 Å². The number of pyridine rings is 1. The Morgan fingerprint density at radius 1 is 1.56 bits per heavy atom. The molecule has 4 nitrogen and oxygen atoms in total. The summed E-state index contributed by atoms with van der Waals surface area (Å²) in [6.07, 6.45) is 3.13. The van der Waals surface area contributed by atoms with Crippen molar-refractivity contribution in [1.82, 2.24) is 15.2 Å². The van der Waals surface area contributed by atoms with E-state index in [9.17, 15) is 0 Å². The summed E-state index contributed by atoms with van der Waals surface area (Å²) in [4.78, 5) is 6.66. The van der Waals surface area contributed by atoms with Crippen molar-refractivity contribution in [1.29, 1.82) is 0 Å². The molecule has 1 fully saturated rings. The number of likely N-dealkylation sites (tertiary alicyclic amines) is 1. The summed E-state index contributed by atoms with van der Waals surface area (Å²) in [5.41, 5.74) is 1.25. The molecular formula is C12H19N3O. The minimum Gasteiger partial charge on any atom is -0.481 e. The summed E-state index contributed by atoms with van der Waals surface area (Å²) in [5.74, 6) is 0.679. The number of hydrogen-bond acceptors (Lipinski definition) is 4. The van der Waals surface area contributed by atoms with Crippen LogP contribution in [0.25, 0.3) is 0 Å². The molecule has 1 atom stereocenters. The van der Waals surface area contributed by atoms with Crippen molar-refractivity contribution in [2.75, 3.05) is 27.2 Å². The summed E-state index contributed by atoms with van der Waals surface area (Å²) in [5, 5.41) is 3.32. The summed E-state index contributed by atoms with van der Waals surface area (Å²) in [6, 6.07) is 4.64. The average Bonchev–Trinajstić information content (AvgIpc) is 2.78. The first-order valence-electron chi connectivity index (χ1n) is 5.70. The lowest BCUT2D eigenvalue weighted by molar-refractivity contribution is 0.321. The maximum atomic E-state index is 5.04. The second kappa shape index (κ2) is 5.27. The van der Waals surface area contributed by atoms with Crippen LogP contribution in [0.2, 0.25) is 0 Å². The smallest absolute Gasteiger partial charge is 0.212 e. The lowest BCUT2D eigenvalue weighted by atomic mass is 10.2. The van der Waals surface area contributed by atoms with Gasteiger partial charge < -0.3 is 10.1 Å². The van der Waals surface area contributed by atoms with E-state index in [1.807, 2.05) is 19.3 Å². The predicted octanol–water partition coefficient (Wildman–Crippen LogP) is 0.884. The van der Waals surface area contributed by atoms with Gasteiger partial charge in [0, 0.05) is 37.9 Å². The van der Waals surface area contributed by atoms with Gasteiger partial charge in [0.05, 0.1) is 7.11 Å². The molecule has 16 heavy (non-hydrogen) atoms. The first-order chi connectivity index (χ1) is 7.81. The summed E-state index contributed by atoms with van der Waals surface area (Å²) >= 11 is 0. The Morgan fingerprint density at radius 2 is 2.44 bits per heavy atom. The van der Waals surface area contributed by atoms with Crippen molar-refractivity contribution in [2.24, 2.45) is 0 Å². The van der Waals surface area contributed by atoms with Crippen LogP contribution in [0.5, 0.6) is 5.88 Å². The number of methoxy groups -OCH3 is 1. The Bertz CT molecular complexity index is 326. The normalized spacial score (nSPS) is 21.2. The van der Waals surface area contributed by atoms with Crippen molar-refractivity contribution < 1.29 is 4.74 Å². The third-order valence-electron chi connectivity index (χ3n) is 3.09. The third kappa shape index (κ3) is 2.71. The number of ether oxygens (including phenoxy) is 1. The fraction of sp³-hybridized carbons (Fsp3) is 0.583. The largest absolute Gasteiger partial charge is 0.481 e. The first kappa shape index (κ1) is 11.4. The van der Waals surface area contributed by atoms with Crippen LogP contribution in [0.15, 0.2) is 18.3 Å². The molecule has 1 aromatic rings. The van der Waals surface area contributed by atoms with E-state index >= 15 is 0 Å². The molecule has 1 saturated heterocycles. The SMILES string of the molecule is CNC1CCN(Cc2ccc(OC)nc2)C1. The van der Waals surface area contributed by atoms with Crippen LogP contribution in [0, 0.1) is 0 Å². The molecule has 0 saturated carbocycles. The molecule has 1 aliphatic rings. The summed E-state index contributed by atoms with van der Waals surface area (Å²) in [7, 11) is 3.67. The highest BCUT2D eigenvalue weighted by atomic mass is 16.5. The third-order valence-corrected chi connectivity index (χ3v) is 3.09. The van der Waals surface area contributed by atoms with E-state index < -0.39 is 0 Å². The van der Waals surface area contributed by atoms with Gasteiger partial charge in [0.15, 0.2) is 0 Å². The summed E-state index contributed by atoms with van der Waals surface area (Å²) in [6.45, 7) is 3.27. The van der Waals surface area contributed by atoms with Gasteiger partial charge in [0.2, 0.25) is 5.88 Å². The van der Waals surface area contributed by atoms with E-state index in [1.165, 1.54) is 12.0 Å². The van der Waals surface area contributed by atoms with Gasteiger partial charge in [0.25, 0.3) is 0 Å². The van der Waals surface area contributed by atoms with Crippen LogP contribution in [0.4, 0.5) is 0 Å². The Labute approximate surface area is 96.6 Å². The quantitative estimate of drug-likeness (QED) is 0.819. The highest BCUT2D eigenvalue weighted by Crippen LogP contribution is 2.14. The van der Waals surface area contributed by atoms with Crippen LogP contribution < -0.4 is 10.1 Å². The molecule has 88 valence electrons. The lowest BCUT2D eigenvalue weighted by Gasteiger charge is -2.15. The fourth-order valence-corrected chi connectivity index (χ4v) is 2.10. The standard InChI is InChI=1S/C12H19N3O/c1-13-11-5-6-15(9-11)8-10-3-4-12(16-2)14-7-10/h3-4,7,11,13H,5-6,8-9H2,1-2H3. The molecule has 0 aromatic carbocycles. The van der Waals surface area contributed by atoms with Crippen LogP contribution in [0.3, 0.4) is 0 Å². The molecule has 0 amide bonds. The van der Waals surface area contributed by atoms with E-state index in [2.05, 4.69) is 21.3 Å². The minimum atomic E-state index is 0.645. The van der Waals surface area contributed by atoms with E-state index in [0.717, 1.165) is 19.6 Å². The summed E-state index contributed by atoms with van der Waals surface area (Å²) < 4.78 is 5.04. The van der Waals surface area contributed by atoms with E-state index in [0.29, 0.717) is 11.9 Å². The van der Waals surface area contributed by atoms with E-state index in [4.69, 9.17) is 4.74 Å². The van der Waals surface area contributed by atoms with E-state index in [1.54, 1.807) is 7.11 Å². The van der Waals surface area contributed by atoms with Gasteiger partial charge in [-0.15, -0.1) is 0 Å². The predicted molar refractivity (Wildman–Crippen MR) is 63.5 cm³/mol. The molecule has 2 heterocycles. The molecule has 1 aromatic heterocycles. The Balaban J connectivity index is 1.89. The van der Waals surface area contributed by atoms with E-state index in [-0.39, 0.29) is 0 Å². The fourth-order valence-electron chi connectivity index (χ4n) is 2.10. The topological polar surface area (TPSA) is 37.4 Å². The first-order valence-corrected chi connectivity index (χ1v) is 5.70. The number of likely N-dealkylation sites (N-methyl/N-ethyl adjacent to an activating group) is 1. The molecule has 0 bridgehead atoms. The molecule has 0 radical (unpaired) electrons. The lowest BCUT2D eigenvalue weighted by Crippen LogP contribution is -2.29. The van der Waals surface area contributed by atoms with Gasteiger partial charge in [-0.1, -0.05) is 6.07 Å². The highest BCUT2D eigenvalue weighted by molar-refractivity contribution is 5.17. The zero-order valence-electron chi connectivity index (χ0n) is 9.94. The van der Waals surface area contributed by atoms with Gasteiger partial charge >= 0.3 is 0 Å². The van der Waals surface area contributed by atoms with Gasteiger partial charge in [0.1, 0.15) is 0 Å². The second-order valence-corrected chi connectivity index (χ2v) is 4.22. The Hall–Kier alpha value is -1.13. The molecule has 0 spiro atoms. The number of rotatable bonds is 4. The maximum absolute atomic E-state index is 5.04. The molecule has 2 rings (SSSR count). The van der Waals surface area contributed by atoms with Crippen molar-refractivity contribution in [2.45, 2.75) is 19.0 Å². The van der Waals surface area contributed by atoms with Crippen molar-refractivity contribution in [3.05, 3.63) is 23.9 Å². The highest BCUT2D eigenvalue weighted by Gasteiger charge is 2.20.